The number of rotatable bonds is 3. The van der Waals surface area contributed by atoms with E-state index in [2.05, 4.69) is 30.2 Å². The van der Waals surface area contributed by atoms with Gasteiger partial charge in [0.15, 0.2) is 5.65 Å². The van der Waals surface area contributed by atoms with Crippen molar-refractivity contribution in [3.05, 3.63) is 30.9 Å². The summed E-state index contributed by atoms with van der Waals surface area (Å²) in [4.78, 5) is 11.2. The molecule has 1 aliphatic heterocycles. The maximum absolute atomic E-state index is 4.54. The Morgan fingerprint density at radius 3 is 2.95 bits per heavy atom. The van der Waals surface area contributed by atoms with Gasteiger partial charge in [-0.2, -0.15) is 15.2 Å². The summed E-state index contributed by atoms with van der Waals surface area (Å²) in [5, 5.41) is 12.1. The molecule has 0 bridgehead atoms. The topological polar surface area (TPSA) is 75.5 Å². The molecule has 1 aliphatic rings. The number of nitrogens with one attached hydrogen (secondary N) is 1. The molecule has 1 saturated heterocycles. The molecule has 0 aliphatic carbocycles. The molecule has 4 heterocycles. The molecule has 0 atom stereocenters. The molecular formula is C14H17N7. The highest BCUT2D eigenvalue weighted by Gasteiger charge is 2.21. The van der Waals surface area contributed by atoms with Gasteiger partial charge >= 0.3 is 0 Å². The average Bonchev–Trinajstić information content (AvgIpc) is 3.18. The van der Waals surface area contributed by atoms with Crippen LogP contribution in [0.15, 0.2) is 30.9 Å². The van der Waals surface area contributed by atoms with Crippen LogP contribution in [0.1, 0.15) is 12.8 Å². The van der Waals surface area contributed by atoms with Gasteiger partial charge in [0, 0.05) is 38.2 Å². The van der Waals surface area contributed by atoms with Crippen LogP contribution in [0.3, 0.4) is 0 Å². The van der Waals surface area contributed by atoms with Crippen molar-refractivity contribution >= 4 is 17.0 Å². The molecule has 0 saturated carbocycles. The molecule has 3 aromatic rings. The number of aromatic nitrogens is 6. The van der Waals surface area contributed by atoms with Gasteiger partial charge in [-0.15, -0.1) is 0 Å². The predicted octanol–water partition coefficient (Wildman–Crippen LogP) is 1.47. The zero-order valence-corrected chi connectivity index (χ0v) is 11.7. The summed E-state index contributed by atoms with van der Waals surface area (Å²) in [6.45, 7) is 2.98. The highest BCUT2D eigenvalue weighted by molar-refractivity contribution is 5.73. The van der Waals surface area contributed by atoms with Gasteiger partial charge < -0.3 is 4.90 Å². The van der Waals surface area contributed by atoms with Crippen LogP contribution in [0.25, 0.3) is 11.0 Å². The Morgan fingerprint density at radius 2 is 2.14 bits per heavy atom. The lowest BCUT2D eigenvalue weighted by Crippen LogP contribution is -2.36. The normalized spacial score (nSPS) is 16.7. The zero-order valence-electron chi connectivity index (χ0n) is 11.7. The minimum atomic E-state index is 0.678. The molecule has 21 heavy (non-hydrogen) atoms. The van der Waals surface area contributed by atoms with E-state index >= 15 is 0 Å². The Morgan fingerprint density at radius 1 is 1.24 bits per heavy atom. The number of aromatic amines is 1. The zero-order chi connectivity index (χ0) is 14.1. The fourth-order valence-electron chi connectivity index (χ4n) is 2.87. The van der Waals surface area contributed by atoms with E-state index in [-0.39, 0.29) is 0 Å². The van der Waals surface area contributed by atoms with Gasteiger partial charge in [0.1, 0.15) is 0 Å². The van der Waals surface area contributed by atoms with Crippen LogP contribution < -0.4 is 4.90 Å². The van der Waals surface area contributed by atoms with E-state index in [0.29, 0.717) is 5.92 Å². The van der Waals surface area contributed by atoms with Crippen LogP contribution in [-0.4, -0.2) is 43.0 Å². The molecule has 0 unspecified atom stereocenters. The van der Waals surface area contributed by atoms with Crippen molar-refractivity contribution in [1.82, 2.24) is 29.9 Å². The van der Waals surface area contributed by atoms with E-state index in [9.17, 15) is 0 Å². The molecular weight excluding hydrogens is 266 g/mol. The maximum atomic E-state index is 4.54. The molecule has 0 amide bonds. The van der Waals surface area contributed by atoms with Crippen molar-refractivity contribution in [2.75, 3.05) is 18.0 Å². The van der Waals surface area contributed by atoms with Gasteiger partial charge in [-0.05, 0) is 24.8 Å². The Hall–Kier alpha value is -2.44. The highest BCUT2D eigenvalue weighted by Crippen LogP contribution is 2.22. The van der Waals surface area contributed by atoms with Gasteiger partial charge in [0.05, 0.1) is 11.6 Å². The molecule has 0 aromatic carbocycles. The quantitative estimate of drug-likeness (QED) is 0.787. The van der Waals surface area contributed by atoms with E-state index in [4.69, 9.17) is 0 Å². The smallest absolute Gasteiger partial charge is 0.227 e. The molecule has 1 N–H and O–H groups in total. The Kier molecular flexibility index (Phi) is 3.02. The Bertz CT molecular complexity index is 710. The summed E-state index contributed by atoms with van der Waals surface area (Å²) >= 11 is 0. The SMILES string of the molecule is c1cnn(CC2CCN(c3ncc4cn[nH]c4n3)CC2)c1. The third kappa shape index (κ3) is 2.46. The summed E-state index contributed by atoms with van der Waals surface area (Å²) in [6.07, 6.45) is 9.73. The summed E-state index contributed by atoms with van der Waals surface area (Å²) in [7, 11) is 0. The number of nitrogens with zero attached hydrogens (tertiary/aromatic N) is 6. The lowest BCUT2D eigenvalue weighted by molar-refractivity contribution is 0.341. The van der Waals surface area contributed by atoms with Crippen molar-refractivity contribution in [2.45, 2.75) is 19.4 Å². The summed E-state index contributed by atoms with van der Waals surface area (Å²) in [6, 6.07) is 1.97. The van der Waals surface area contributed by atoms with E-state index < -0.39 is 0 Å². The second kappa shape index (κ2) is 5.16. The van der Waals surface area contributed by atoms with Gasteiger partial charge in [0.25, 0.3) is 0 Å². The van der Waals surface area contributed by atoms with Crippen LogP contribution in [-0.2, 0) is 6.54 Å². The molecule has 1 fully saturated rings. The van der Waals surface area contributed by atoms with Gasteiger partial charge in [-0.3, -0.25) is 9.78 Å². The van der Waals surface area contributed by atoms with E-state index in [1.165, 1.54) is 0 Å². The molecule has 7 heteroatoms. The first kappa shape index (κ1) is 12.3. The van der Waals surface area contributed by atoms with E-state index in [1.54, 1.807) is 6.20 Å². The number of hydrogen-bond acceptors (Lipinski definition) is 5. The van der Waals surface area contributed by atoms with Crippen LogP contribution in [0.5, 0.6) is 0 Å². The van der Waals surface area contributed by atoms with E-state index in [0.717, 1.165) is 49.5 Å². The lowest BCUT2D eigenvalue weighted by Gasteiger charge is -2.31. The number of piperidine rings is 1. The van der Waals surface area contributed by atoms with E-state index in [1.807, 2.05) is 29.3 Å². The Balaban J connectivity index is 1.42. The Labute approximate surface area is 122 Å². The van der Waals surface area contributed by atoms with Gasteiger partial charge in [-0.25, -0.2) is 4.98 Å². The van der Waals surface area contributed by atoms with Crippen LogP contribution in [0, 0.1) is 5.92 Å². The second-order valence-corrected chi connectivity index (χ2v) is 5.50. The monoisotopic (exact) mass is 283 g/mol. The minimum Gasteiger partial charge on any atom is -0.341 e. The molecule has 7 nitrogen and oxygen atoms in total. The average molecular weight is 283 g/mol. The molecule has 108 valence electrons. The molecule has 0 radical (unpaired) electrons. The van der Waals surface area contributed by atoms with Crippen LogP contribution in [0.2, 0.25) is 0 Å². The van der Waals surface area contributed by atoms with Gasteiger partial charge in [-0.1, -0.05) is 0 Å². The molecule has 0 spiro atoms. The number of H-pyrrole nitrogens is 1. The predicted molar refractivity (Wildman–Crippen MR) is 78.8 cm³/mol. The fourth-order valence-corrected chi connectivity index (χ4v) is 2.87. The lowest BCUT2D eigenvalue weighted by atomic mass is 9.97. The number of anilines is 1. The summed E-state index contributed by atoms with van der Waals surface area (Å²) < 4.78 is 2.02. The van der Waals surface area contributed by atoms with Crippen molar-refractivity contribution in [3.8, 4) is 0 Å². The molecule has 3 aromatic heterocycles. The van der Waals surface area contributed by atoms with Crippen LogP contribution >= 0.6 is 0 Å². The van der Waals surface area contributed by atoms with Crippen molar-refractivity contribution in [3.63, 3.8) is 0 Å². The molecule has 4 rings (SSSR count). The first-order valence-electron chi connectivity index (χ1n) is 7.27. The minimum absolute atomic E-state index is 0.678. The number of hydrogen-bond donors (Lipinski definition) is 1. The van der Waals surface area contributed by atoms with Crippen molar-refractivity contribution in [1.29, 1.82) is 0 Å². The summed E-state index contributed by atoms with van der Waals surface area (Å²) in [5.41, 5.74) is 0.804. The standard InChI is InChI=1S/C14H17N7/c1-4-17-21(5-1)10-11-2-6-20(7-3-11)14-15-8-12-9-16-19-13(12)18-14/h1,4-5,8-9,11H,2-3,6-7,10H2,(H,15,16,18,19). The first-order chi connectivity index (χ1) is 10.4. The third-order valence-electron chi connectivity index (χ3n) is 4.08. The maximum Gasteiger partial charge on any atom is 0.227 e. The largest absolute Gasteiger partial charge is 0.341 e. The summed E-state index contributed by atoms with van der Waals surface area (Å²) in [5.74, 6) is 1.47. The number of fused-ring (bicyclic) bond motifs is 1. The van der Waals surface area contributed by atoms with Crippen molar-refractivity contribution < 1.29 is 0 Å². The third-order valence-corrected chi connectivity index (χ3v) is 4.08. The highest BCUT2D eigenvalue weighted by atomic mass is 15.3. The fraction of sp³-hybridized carbons (Fsp3) is 0.429. The van der Waals surface area contributed by atoms with Gasteiger partial charge in [0.2, 0.25) is 5.95 Å². The van der Waals surface area contributed by atoms with Crippen LogP contribution in [0.4, 0.5) is 5.95 Å². The first-order valence-corrected chi connectivity index (χ1v) is 7.27. The second-order valence-electron chi connectivity index (χ2n) is 5.50. The van der Waals surface area contributed by atoms with Crippen molar-refractivity contribution in [2.24, 2.45) is 5.92 Å².